The molecule has 1 N–H and O–H groups in total. The average Bonchev–Trinajstić information content (AvgIpc) is 3.26. The van der Waals surface area contributed by atoms with Crippen molar-refractivity contribution >= 4 is 23.5 Å². The van der Waals surface area contributed by atoms with Crippen LogP contribution in [0.4, 0.5) is 13.2 Å². The molecule has 0 radical (unpaired) electrons. The molecule has 1 aliphatic rings. The summed E-state index contributed by atoms with van der Waals surface area (Å²) in [5.74, 6) is -1.52. The van der Waals surface area contributed by atoms with E-state index in [-0.39, 0.29) is 6.04 Å². The second-order valence-corrected chi connectivity index (χ2v) is 5.83. The van der Waals surface area contributed by atoms with Gasteiger partial charge in [0.1, 0.15) is 11.6 Å². The zero-order valence-electron chi connectivity index (χ0n) is 12.5. The molecular formula is C14H14ClF3N2O4. The number of rotatable bonds is 5. The van der Waals surface area contributed by atoms with E-state index >= 15 is 0 Å². The van der Waals surface area contributed by atoms with Gasteiger partial charge in [0.15, 0.2) is 6.10 Å². The van der Waals surface area contributed by atoms with Crippen molar-refractivity contribution in [2.75, 3.05) is 0 Å². The highest BCUT2D eigenvalue weighted by Crippen LogP contribution is 2.29. The number of carbonyl (C=O) groups excluding carboxylic acids is 2. The molecular weight excluding hydrogens is 353 g/mol. The van der Waals surface area contributed by atoms with E-state index in [1.165, 1.54) is 6.92 Å². The van der Waals surface area contributed by atoms with Crippen LogP contribution in [0.25, 0.3) is 0 Å². The standard InChI is InChI=1S/C14H14ClF3N2O4/c1-7(12(22)19-9-2-3-9)24-11(21)6-20-5-8(14(16,17)18)4-10(15)13(20)23/h4-5,7,9H,2-3,6H2,1H3,(H,19,22)/t7-/m1/s1. The van der Waals surface area contributed by atoms with Crippen LogP contribution in [-0.4, -0.2) is 28.6 Å². The summed E-state index contributed by atoms with van der Waals surface area (Å²) in [5.41, 5.74) is -2.13. The van der Waals surface area contributed by atoms with E-state index in [0.717, 1.165) is 12.8 Å². The fraction of sp³-hybridized carbons (Fsp3) is 0.500. The summed E-state index contributed by atoms with van der Waals surface area (Å²) < 4.78 is 43.5. The second-order valence-electron chi connectivity index (χ2n) is 5.42. The predicted octanol–water partition coefficient (Wildman–Crippen LogP) is 1.73. The number of nitrogens with zero attached hydrogens (tertiary/aromatic N) is 1. The van der Waals surface area contributed by atoms with Crippen molar-refractivity contribution in [1.82, 2.24) is 9.88 Å². The highest BCUT2D eigenvalue weighted by atomic mass is 35.5. The lowest BCUT2D eigenvalue weighted by Gasteiger charge is -2.15. The van der Waals surface area contributed by atoms with E-state index in [1.807, 2.05) is 0 Å². The lowest BCUT2D eigenvalue weighted by molar-refractivity contribution is -0.155. The van der Waals surface area contributed by atoms with Gasteiger partial charge in [-0.25, -0.2) is 0 Å². The summed E-state index contributed by atoms with van der Waals surface area (Å²) in [6, 6.07) is 0.556. The molecule has 2 rings (SSSR count). The number of nitrogens with one attached hydrogen (secondary N) is 1. The Morgan fingerprint density at radius 3 is 2.62 bits per heavy atom. The maximum absolute atomic E-state index is 12.7. The number of amides is 1. The average molecular weight is 367 g/mol. The highest BCUT2D eigenvalue weighted by Gasteiger charge is 2.32. The molecule has 10 heteroatoms. The number of hydrogen-bond donors (Lipinski definition) is 1. The molecule has 0 aliphatic heterocycles. The van der Waals surface area contributed by atoms with Gasteiger partial charge in [-0.15, -0.1) is 0 Å². The van der Waals surface area contributed by atoms with Gasteiger partial charge >= 0.3 is 12.1 Å². The van der Waals surface area contributed by atoms with Crippen LogP contribution in [0, 0.1) is 0 Å². The van der Waals surface area contributed by atoms with Crippen LogP contribution in [0.15, 0.2) is 17.1 Å². The molecule has 1 aliphatic carbocycles. The van der Waals surface area contributed by atoms with Crippen molar-refractivity contribution in [3.8, 4) is 0 Å². The number of halogens is 4. The molecule has 0 spiro atoms. The molecule has 0 saturated heterocycles. The van der Waals surface area contributed by atoms with E-state index in [4.69, 9.17) is 16.3 Å². The third-order valence-corrected chi connectivity index (χ3v) is 3.54. The monoisotopic (exact) mass is 366 g/mol. The molecule has 1 saturated carbocycles. The fourth-order valence-electron chi connectivity index (χ4n) is 1.84. The fourth-order valence-corrected chi connectivity index (χ4v) is 2.07. The topological polar surface area (TPSA) is 77.4 Å². The van der Waals surface area contributed by atoms with Gasteiger partial charge in [0, 0.05) is 12.2 Å². The number of esters is 1. The minimum absolute atomic E-state index is 0.0727. The van der Waals surface area contributed by atoms with Gasteiger partial charge in [-0.2, -0.15) is 13.2 Å². The van der Waals surface area contributed by atoms with Crippen LogP contribution in [-0.2, 0) is 27.0 Å². The van der Waals surface area contributed by atoms with Crippen molar-refractivity contribution in [3.63, 3.8) is 0 Å². The summed E-state index contributed by atoms with van der Waals surface area (Å²) in [5, 5.41) is 1.95. The molecule has 1 atom stereocenters. The van der Waals surface area contributed by atoms with Crippen molar-refractivity contribution in [2.45, 2.75) is 44.6 Å². The Hall–Kier alpha value is -2.03. The van der Waals surface area contributed by atoms with Gasteiger partial charge in [0.2, 0.25) is 0 Å². The van der Waals surface area contributed by atoms with Gasteiger partial charge in [0.05, 0.1) is 5.56 Å². The minimum Gasteiger partial charge on any atom is -0.451 e. The molecule has 1 aromatic heterocycles. The largest absolute Gasteiger partial charge is 0.451 e. The first kappa shape index (κ1) is 18.3. The molecule has 24 heavy (non-hydrogen) atoms. The first-order valence-electron chi connectivity index (χ1n) is 7.05. The normalized spacial score (nSPS) is 15.7. The SMILES string of the molecule is C[C@@H](OC(=O)Cn1cc(C(F)(F)F)cc(Cl)c1=O)C(=O)NC1CC1. The molecule has 0 unspecified atom stereocenters. The Morgan fingerprint density at radius 1 is 1.46 bits per heavy atom. The Labute approximate surface area is 139 Å². The summed E-state index contributed by atoms with van der Waals surface area (Å²) in [6.07, 6.45) is -3.66. The Balaban J connectivity index is 2.06. The Morgan fingerprint density at radius 2 is 2.08 bits per heavy atom. The van der Waals surface area contributed by atoms with Crippen molar-refractivity contribution in [2.24, 2.45) is 0 Å². The number of hydrogen-bond acceptors (Lipinski definition) is 4. The van der Waals surface area contributed by atoms with E-state index in [1.54, 1.807) is 0 Å². The smallest absolute Gasteiger partial charge is 0.417 e. The van der Waals surface area contributed by atoms with Gasteiger partial charge in [-0.1, -0.05) is 11.6 Å². The van der Waals surface area contributed by atoms with Gasteiger partial charge in [0.25, 0.3) is 11.5 Å². The number of ether oxygens (including phenoxy) is 1. The van der Waals surface area contributed by atoms with Gasteiger partial charge in [-0.3, -0.25) is 14.4 Å². The van der Waals surface area contributed by atoms with Crippen molar-refractivity contribution in [3.05, 3.63) is 33.2 Å². The maximum atomic E-state index is 12.7. The van der Waals surface area contributed by atoms with E-state index in [9.17, 15) is 27.6 Å². The van der Waals surface area contributed by atoms with Crippen LogP contribution in [0.1, 0.15) is 25.3 Å². The first-order chi connectivity index (χ1) is 11.1. The molecule has 1 fully saturated rings. The molecule has 0 bridgehead atoms. The molecule has 6 nitrogen and oxygen atoms in total. The third-order valence-electron chi connectivity index (χ3n) is 3.27. The van der Waals surface area contributed by atoms with Crippen LogP contribution in [0.2, 0.25) is 5.02 Å². The highest BCUT2D eigenvalue weighted by molar-refractivity contribution is 6.30. The predicted molar refractivity (Wildman–Crippen MR) is 77.4 cm³/mol. The summed E-state index contributed by atoms with van der Waals surface area (Å²) in [4.78, 5) is 35.2. The lowest BCUT2D eigenvalue weighted by atomic mass is 10.2. The third kappa shape index (κ3) is 4.73. The summed E-state index contributed by atoms with van der Waals surface area (Å²) >= 11 is 5.48. The zero-order chi connectivity index (χ0) is 18.1. The van der Waals surface area contributed by atoms with Crippen LogP contribution >= 0.6 is 11.6 Å². The van der Waals surface area contributed by atoms with E-state index < -0.39 is 46.8 Å². The molecule has 0 aromatic carbocycles. The van der Waals surface area contributed by atoms with Gasteiger partial charge < -0.3 is 14.6 Å². The lowest BCUT2D eigenvalue weighted by Crippen LogP contribution is -2.38. The number of alkyl halides is 3. The molecule has 1 aromatic rings. The van der Waals surface area contributed by atoms with Gasteiger partial charge in [-0.05, 0) is 25.8 Å². The maximum Gasteiger partial charge on any atom is 0.417 e. The minimum atomic E-state index is -4.72. The zero-order valence-corrected chi connectivity index (χ0v) is 13.3. The molecule has 132 valence electrons. The summed E-state index contributed by atoms with van der Waals surface area (Å²) in [7, 11) is 0. The number of carbonyl (C=O) groups is 2. The van der Waals surface area contributed by atoms with Crippen LogP contribution < -0.4 is 10.9 Å². The molecule has 1 heterocycles. The summed E-state index contributed by atoms with van der Waals surface area (Å²) in [6.45, 7) is 0.543. The van der Waals surface area contributed by atoms with Crippen LogP contribution in [0.5, 0.6) is 0 Å². The van der Waals surface area contributed by atoms with E-state index in [0.29, 0.717) is 16.8 Å². The van der Waals surface area contributed by atoms with Crippen molar-refractivity contribution in [1.29, 1.82) is 0 Å². The Bertz CT molecular complexity index is 713. The van der Waals surface area contributed by atoms with Crippen LogP contribution in [0.3, 0.4) is 0 Å². The Kier molecular flexibility index (Phi) is 5.22. The first-order valence-corrected chi connectivity index (χ1v) is 7.42. The number of pyridine rings is 1. The number of aromatic nitrogens is 1. The van der Waals surface area contributed by atoms with Crippen molar-refractivity contribution < 1.29 is 27.5 Å². The van der Waals surface area contributed by atoms with E-state index in [2.05, 4.69) is 5.32 Å². The second kappa shape index (κ2) is 6.84. The molecule has 1 amide bonds. The quantitative estimate of drug-likeness (QED) is 0.805.